The molecule has 0 saturated heterocycles. The number of thiazole rings is 1. The third kappa shape index (κ3) is 2.85. The van der Waals surface area contributed by atoms with Gasteiger partial charge in [0.15, 0.2) is 10.8 Å². The number of hydrogen-bond acceptors (Lipinski definition) is 6. The van der Waals surface area contributed by atoms with E-state index < -0.39 is 0 Å². The van der Waals surface area contributed by atoms with Gasteiger partial charge in [0, 0.05) is 11.4 Å². The number of benzene rings is 1. The Morgan fingerprint density at radius 3 is 3.00 bits per heavy atom. The summed E-state index contributed by atoms with van der Waals surface area (Å²) in [5, 5.41) is 14.7. The quantitative estimate of drug-likeness (QED) is 0.912. The molecule has 2 aromatic rings. The second-order valence-corrected chi connectivity index (χ2v) is 6.19. The highest BCUT2D eigenvalue weighted by molar-refractivity contribution is 7.13. The molecule has 1 aromatic carbocycles. The first kappa shape index (κ1) is 15.3. The molecular formula is C16H16N4O2S. The highest BCUT2D eigenvalue weighted by Gasteiger charge is 2.34. The Hall–Kier alpha value is -2.59. The van der Waals surface area contributed by atoms with Crippen molar-refractivity contribution in [1.82, 2.24) is 4.98 Å². The van der Waals surface area contributed by atoms with Crippen LogP contribution in [-0.4, -0.2) is 24.2 Å². The molecule has 0 fully saturated rings. The lowest BCUT2D eigenvalue weighted by Gasteiger charge is -2.38. The third-order valence-electron chi connectivity index (χ3n) is 3.88. The molecule has 0 radical (unpaired) electrons. The van der Waals surface area contributed by atoms with Crippen molar-refractivity contribution < 1.29 is 9.53 Å². The predicted octanol–water partition coefficient (Wildman–Crippen LogP) is 3.53. The highest BCUT2D eigenvalue weighted by Crippen LogP contribution is 2.39. The SMILES string of the molecule is COC(=O)N1c2ccccc2C(Nc2nc(C#N)cs2)CC1C. The number of rotatable bonds is 2. The summed E-state index contributed by atoms with van der Waals surface area (Å²) in [6.45, 7) is 1.99. The van der Waals surface area contributed by atoms with Gasteiger partial charge >= 0.3 is 6.09 Å². The van der Waals surface area contributed by atoms with Gasteiger partial charge in [0.2, 0.25) is 0 Å². The summed E-state index contributed by atoms with van der Waals surface area (Å²) in [4.78, 5) is 18.0. The third-order valence-corrected chi connectivity index (χ3v) is 4.65. The van der Waals surface area contributed by atoms with E-state index in [0.717, 1.165) is 17.7 Å². The number of nitrogens with one attached hydrogen (secondary N) is 1. The average molecular weight is 328 g/mol. The smallest absolute Gasteiger partial charge is 0.414 e. The number of hydrogen-bond donors (Lipinski definition) is 1. The number of amides is 1. The molecule has 1 amide bonds. The monoisotopic (exact) mass is 328 g/mol. The van der Waals surface area contributed by atoms with E-state index >= 15 is 0 Å². The van der Waals surface area contributed by atoms with Gasteiger partial charge in [0.25, 0.3) is 0 Å². The van der Waals surface area contributed by atoms with Gasteiger partial charge in [-0.25, -0.2) is 9.78 Å². The molecule has 0 bridgehead atoms. The maximum atomic E-state index is 12.1. The first-order valence-corrected chi connectivity index (χ1v) is 8.10. The zero-order valence-corrected chi connectivity index (χ0v) is 13.6. The normalized spacial score (nSPS) is 19.6. The minimum absolute atomic E-state index is 0.00903. The van der Waals surface area contributed by atoms with Gasteiger partial charge in [0.1, 0.15) is 6.07 Å². The van der Waals surface area contributed by atoms with Crippen molar-refractivity contribution in [1.29, 1.82) is 5.26 Å². The zero-order valence-electron chi connectivity index (χ0n) is 12.8. The van der Waals surface area contributed by atoms with Crippen LogP contribution in [0.3, 0.4) is 0 Å². The van der Waals surface area contributed by atoms with E-state index in [-0.39, 0.29) is 18.2 Å². The van der Waals surface area contributed by atoms with Gasteiger partial charge in [0.05, 0.1) is 18.8 Å². The molecule has 2 unspecified atom stereocenters. The summed E-state index contributed by atoms with van der Waals surface area (Å²) < 4.78 is 4.91. The van der Waals surface area contributed by atoms with Crippen LogP contribution in [0.25, 0.3) is 0 Å². The van der Waals surface area contributed by atoms with Crippen LogP contribution in [0, 0.1) is 11.3 Å². The number of carbonyl (C=O) groups is 1. The topological polar surface area (TPSA) is 78.2 Å². The van der Waals surface area contributed by atoms with Crippen LogP contribution in [0.2, 0.25) is 0 Å². The Bertz CT molecular complexity index is 767. The van der Waals surface area contributed by atoms with Gasteiger partial charge in [-0.15, -0.1) is 11.3 Å². The van der Waals surface area contributed by atoms with E-state index in [1.54, 1.807) is 10.3 Å². The lowest BCUT2D eigenvalue weighted by molar-refractivity contribution is 0.175. The summed E-state index contributed by atoms with van der Waals surface area (Å²) >= 11 is 1.41. The Kier molecular flexibility index (Phi) is 4.17. The summed E-state index contributed by atoms with van der Waals surface area (Å²) in [5.74, 6) is 0. The van der Waals surface area contributed by atoms with E-state index in [9.17, 15) is 4.79 Å². The summed E-state index contributed by atoms with van der Waals surface area (Å²) in [7, 11) is 1.39. The van der Waals surface area contributed by atoms with Gasteiger partial charge in [-0.2, -0.15) is 5.26 Å². The molecule has 0 saturated carbocycles. The molecule has 1 aromatic heterocycles. The summed E-state index contributed by atoms with van der Waals surface area (Å²) in [5.41, 5.74) is 2.27. The molecule has 118 valence electrons. The lowest BCUT2D eigenvalue weighted by atomic mass is 9.92. The standard InChI is InChI=1S/C16H16N4O2S/c1-10-7-13(19-15-18-11(8-17)9-23-15)12-5-3-4-6-14(12)20(10)16(21)22-2/h3-6,9-10,13H,7H2,1-2H3,(H,18,19). The number of nitriles is 1. The van der Waals surface area contributed by atoms with E-state index in [1.165, 1.54) is 18.4 Å². The largest absolute Gasteiger partial charge is 0.452 e. The van der Waals surface area contributed by atoms with E-state index in [2.05, 4.69) is 10.3 Å². The van der Waals surface area contributed by atoms with Crippen LogP contribution in [0.1, 0.15) is 30.6 Å². The number of carbonyl (C=O) groups excluding carboxylic acids is 1. The molecule has 2 heterocycles. The first-order valence-electron chi connectivity index (χ1n) is 7.22. The zero-order chi connectivity index (χ0) is 16.4. The second kappa shape index (κ2) is 6.26. The molecule has 2 atom stereocenters. The Morgan fingerprint density at radius 2 is 2.30 bits per heavy atom. The predicted molar refractivity (Wildman–Crippen MR) is 88.6 cm³/mol. The van der Waals surface area contributed by atoms with Crippen molar-refractivity contribution >= 4 is 28.2 Å². The molecule has 1 aliphatic rings. The fourth-order valence-electron chi connectivity index (χ4n) is 2.87. The number of fused-ring (bicyclic) bond motifs is 1. The molecule has 0 spiro atoms. The molecule has 3 rings (SSSR count). The summed E-state index contributed by atoms with van der Waals surface area (Å²) in [6, 6.07) is 9.81. The minimum atomic E-state index is -0.357. The highest BCUT2D eigenvalue weighted by atomic mass is 32.1. The maximum absolute atomic E-state index is 12.1. The van der Waals surface area contributed by atoms with Crippen LogP contribution in [0.5, 0.6) is 0 Å². The molecule has 1 aliphatic heterocycles. The van der Waals surface area contributed by atoms with Crippen molar-refractivity contribution in [2.75, 3.05) is 17.3 Å². The number of anilines is 2. The Labute approximate surface area is 138 Å². The minimum Gasteiger partial charge on any atom is -0.452 e. The number of ether oxygens (including phenoxy) is 1. The molecule has 7 heteroatoms. The Morgan fingerprint density at radius 1 is 1.52 bits per heavy atom. The van der Waals surface area contributed by atoms with E-state index in [1.807, 2.05) is 37.3 Å². The van der Waals surface area contributed by atoms with Crippen LogP contribution in [0.4, 0.5) is 15.6 Å². The van der Waals surface area contributed by atoms with Crippen molar-refractivity contribution in [3.63, 3.8) is 0 Å². The number of methoxy groups -OCH3 is 1. The molecular weight excluding hydrogens is 312 g/mol. The fraction of sp³-hybridized carbons (Fsp3) is 0.312. The second-order valence-electron chi connectivity index (χ2n) is 5.33. The van der Waals surface area contributed by atoms with Gasteiger partial charge in [-0.05, 0) is 25.0 Å². The average Bonchev–Trinajstić information content (AvgIpc) is 3.02. The Balaban J connectivity index is 1.93. The number of aromatic nitrogens is 1. The van der Waals surface area contributed by atoms with Crippen LogP contribution >= 0.6 is 11.3 Å². The van der Waals surface area contributed by atoms with Crippen molar-refractivity contribution in [3.05, 3.63) is 40.9 Å². The van der Waals surface area contributed by atoms with Crippen LogP contribution in [0.15, 0.2) is 29.6 Å². The fourth-order valence-corrected chi connectivity index (χ4v) is 3.56. The van der Waals surface area contributed by atoms with Crippen LogP contribution in [-0.2, 0) is 4.74 Å². The number of nitrogens with zero attached hydrogens (tertiary/aromatic N) is 3. The van der Waals surface area contributed by atoms with Crippen molar-refractivity contribution in [2.45, 2.75) is 25.4 Å². The van der Waals surface area contributed by atoms with Gasteiger partial charge in [-0.3, -0.25) is 4.90 Å². The van der Waals surface area contributed by atoms with Crippen LogP contribution < -0.4 is 10.2 Å². The van der Waals surface area contributed by atoms with Gasteiger partial charge in [-0.1, -0.05) is 18.2 Å². The van der Waals surface area contributed by atoms with E-state index in [0.29, 0.717) is 10.8 Å². The number of para-hydroxylation sites is 1. The van der Waals surface area contributed by atoms with Crippen molar-refractivity contribution in [2.24, 2.45) is 0 Å². The lowest BCUT2D eigenvalue weighted by Crippen LogP contribution is -2.44. The molecule has 0 aliphatic carbocycles. The van der Waals surface area contributed by atoms with Gasteiger partial charge < -0.3 is 10.1 Å². The molecule has 6 nitrogen and oxygen atoms in total. The maximum Gasteiger partial charge on any atom is 0.414 e. The summed E-state index contributed by atoms with van der Waals surface area (Å²) in [6.07, 6.45) is 0.373. The molecule has 23 heavy (non-hydrogen) atoms. The van der Waals surface area contributed by atoms with Crippen molar-refractivity contribution in [3.8, 4) is 6.07 Å². The first-order chi connectivity index (χ1) is 11.1. The molecule has 1 N–H and O–H groups in total. The van der Waals surface area contributed by atoms with E-state index in [4.69, 9.17) is 10.00 Å².